The molecule has 0 amide bonds. The molecule has 1 atom stereocenters. The van der Waals surface area contributed by atoms with Crippen molar-refractivity contribution in [3.8, 4) is 0 Å². The number of esters is 1. The van der Waals surface area contributed by atoms with Gasteiger partial charge in [-0.2, -0.15) is 11.8 Å². The van der Waals surface area contributed by atoms with E-state index in [4.69, 9.17) is 5.73 Å². The maximum Gasteiger partial charge on any atom is 0.339 e. The van der Waals surface area contributed by atoms with Crippen LogP contribution < -0.4 is 5.73 Å². The van der Waals surface area contributed by atoms with E-state index in [1.54, 1.807) is 17.8 Å². The van der Waals surface area contributed by atoms with Gasteiger partial charge in [0.1, 0.15) is 0 Å². The molecule has 1 aromatic heterocycles. The van der Waals surface area contributed by atoms with Crippen LogP contribution in [0.4, 0.5) is 0 Å². The van der Waals surface area contributed by atoms with Gasteiger partial charge in [0, 0.05) is 23.7 Å². The van der Waals surface area contributed by atoms with E-state index in [1.807, 2.05) is 6.07 Å². The van der Waals surface area contributed by atoms with Crippen molar-refractivity contribution >= 4 is 17.7 Å². The zero-order valence-electron chi connectivity index (χ0n) is 9.47. The van der Waals surface area contributed by atoms with Gasteiger partial charge < -0.3 is 10.5 Å². The molecule has 0 saturated heterocycles. The summed E-state index contributed by atoms with van der Waals surface area (Å²) >= 11 is 1.75. The SMILES string of the molecule is COC(=O)c1ccc(CSC(C)CN)nc1. The summed E-state index contributed by atoms with van der Waals surface area (Å²) in [6.45, 7) is 2.73. The Morgan fingerprint density at radius 2 is 2.38 bits per heavy atom. The van der Waals surface area contributed by atoms with Crippen LogP contribution in [0, 0.1) is 0 Å². The first kappa shape index (κ1) is 13.0. The summed E-state index contributed by atoms with van der Waals surface area (Å²) in [5.41, 5.74) is 6.93. The van der Waals surface area contributed by atoms with Gasteiger partial charge in [-0.25, -0.2) is 4.79 Å². The highest BCUT2D eigenvalue weighted by Crippen LogP contribution is 2.15. The van der Waals surface area contributed by atoms with Crippen molar-refractivity contribution in [3.63, 3.8) is 0 Å². The van der Waals surface area contributed by atoms with Gasteiger partial charge in [-0.05, 0) is 12.1 Å². The molecule has 1 unspecified atom stereocenters. The van der Waals surface area contributed by atoms with Crippen LogP contribution in [-0.2, 0) is 10.5 Å². The molecule has 1 aromatic rings. The average Bonchev–Trinajstić information content (AvgIpc) is 2.35. The Labute approximate surface area is 99.6 Å². The van der Waals surface area contributed by atoms with Gasteiger partial charge in [0.05, 0.1) is 18.4 Å². The summed E-state index contributed by atoms with van der Waals surface area (Å²) < 4.78 is 4.59. The van der Waals surface area contributed by atoms with Crippen molar-refractivity contribution in [1.29, 1.82) is 0 Å². The van der Waals surface area contributed by atoms with Gasteiger partial charge in [-0.15, -0.1) is 0 Å². The molecule has 88 valence electrons. The largest absolute Gasteiger partial charge is 0.465 e. The fourth-order valence-corrected chi connectivity index (χ4v) is 1.81. The molecule has 1 heterocycles. The van der Waals surface area contributed by atoms with Crippen LogP contribution in [0.25, 0.3) is 0 Å². The van der Waals surface area contributed by atoms with Crippen molar-refractivity contribution in [2.45, 2.75) is 17.9 Å². The smallest absolute Gasteiger partial charge is 0.339 e. The molecular formula is C11H16N2O2S. The van der Waals surface area contributed by atoms with Crippen LogP contribution in [0.1, 0.15) is 23.0 Å². The van der Waals surface area contributed by atoms with Crippen molar-refractivity contribution < 1.29 is 9.53 Å². The van der Waals surface area contributed by atoms with E-state index >= 15 is 0 Å². The van der Waals surface area contributed by atoms with Crippen molar-refractivity contribution in [2.24, 2.45) is 5.73 Å². The molecule has 0 aromatic carbocycles. The van der Waals surface area contributed by atoms with Gasteiger partial charge >= 0.3 is 5.97 Å². The maximum absolute atomic E-state index is 11.2. The number of carbonyl (C=O) groups excluding carboxylic acids is 1. The molecule has 2 N–H and O–H groups in total. The van der Waals surface area contributed by atoms with Crippen molar-refractivity contribution in [3.05, 3.63) is 29.6 Å². The normalized spacial score (nSPS) is 12.2. The monoisotopic (exact) mass is 240 g/mol. The van der Waals surface area contributed by atoms with E-state index in [1.165, 1.54) is 13.3 Å². The summed E-state index contributed by atoms with van der Waals surface area (Å²) in [5.74, 6) is 0.446. The molecule has 16 heavy (non-hydrogen) atoms. The first-order valence-electron chi connectivity index (χ1n) is 5.02. The molecule has 0 aliphatic rings. The molecule has 0 fully saturated rings. The fraction of sp³-hybridized carbons (Fsp3) is 0.455. The molecule has 0 radical (unpaired) electrons. The van der Waals surface area contributed by atoms with E-state index in [0.29, 0.717) is 17.4 Å². The molecule has 0 bridgehead atoms. The average molecular weight is 240 g/mol. The summed E-state index contributed by atoms with van der Waals surface area (Å²) in [7, 11) is 1.36. The Balaban J connectivity index is 2.54. The zero-order chi connectivity index (χ0) is 12.0. The fourth-order valence-electron chi connectivity index (χ4n) is 1.04. The topological polar surface area (TPSA) is 65.2 Å². The number of nitrogens with zero attached hydrogens (tertiary/aromatic N) is 1. The Bertz CT molecular complexity index is 340. The van der Waals surface area contributed by atoms with Gasteiger partial charge in [0.2, 0.25) is 0 Å². The lowest BCUT2D eigenvalue weighted by Gasteiger charge is -2.07. The van der Waals surface area contributed by atoms with Crippen LogP contribution in [-0.4, -0.2) is 29.9 Å². The van der Waals surface area contributed by atoms with Gasteiger partial charge in [0.15, 0.2) is 0 Å². The highest BCUT2D eigenvalue weighted by molar-refractivity contribution is 7.99. The molecule has 0 aliphatic carbocycles. The van der Waals surface area contributed by atoms with E-state index < -0.39 is 0 Å². The van der Waals surface area contributed by atoms with Crippen molar-refractivity contribution in [2.75, 3.05) is 13.7 Å². The first-order valence-corrected chi connectivity index (χ1v) is 6.07. The second kappa shape index (κ2) is 6.50. The van der Waals surface area contributed by atoms with Crippen LogP contribution in [0.15, 0.2) is 18.3 Å². The molecule has 0 aliphatic heterocycles. The number of carbonyl (C=O) groups is 1. The Kier molecular flexibility index (Phi) is 5.28. The molecule has 0 saturated carbocycles. The highest BCUT2D eigenvalue weighted by Gasteiger charge is 2.06. The third-order valence-electron chi connectivity index (χ3n) is 2.09. The minimum absolute atomic E-state index is 0.359. The summed E-state index contributed by atoms with van der Waals surface area (Å²) in [6, 6.07) is 3.56. The number of hydrogen-bond donors (Lipinski definition) is 1. The lowest BCUT2D eigenvalue weighted by molar-refractivity contribution is 0.0600. The Morgan fingerprint density at radius 3 is 2.88 bits per heavy atom. The minimum Gasteiger partial charge on any atom is -0.465 e. The van der Waals surface area contributed by atoms with Crippen LogP contribution >= 0.6 is 11.8 Å². The molecule has 0 spiro atoms. The van der Waals surface area contributed by atoms with Gasteiger partial charge in [-0.3, -0.25) is 4.98 Å². The number of nitrogens with two attached hydrogens (primary N) is 1. The minimum atomic E-state index is -0.359. The number of ether oxygens (including phenoxy) is 1. The van der Waals surface area contributed by atoms with Crippen molar-refractivity contribution in [1.82, 2.24) is 4.98 Å². The molecule has 4 nitrogen and oxygen atoms in total. The number of methoxy groups -OCH3 is 1. The van der Waals surface area contributed by atoms with E-state index in [9.17, 15) is 4.79 Å². The summed E-state index contributed by atoms with van der Waals surface area (Å²) in [6.07, 6.45) is 1.54. The lowest BCUT2D eigenvalue weighted by Crippen LogP contribution is -2.12. The lowest BCUT2D eigenvalue weighted by atomic mass is 10.2. The van der Waals surface area contributed by atoms with Crippen LogP contribution in [0.2, 0.25) is 0 Å². The molecular weight excluding hydrogens is 224 g/mol. The summed E-state index contributed by atoms with van der Waals surface area (Å²) in [5, 5.41) is 0.419. The third kappa shape index (κ3) is 3.83. The number of rotatable bonds is 5. The second-order valence-electron chi connectivity index (χ2n) is 3.39. The van der Waals surface area contributed by atoms with E-state index in [0.717, 1.165) is 11.4 Å². The third-order valence-corrected chi connectivity index (χ3v) is 3.32. The van der Waals surface area contributed by atoms with E-state index in [2.05, 4.69) is 16.6 Å². The predicted octanol–water partition coefficient (Wildman–Crippen LogP) is 1.45. The molecule has 1 rings (SSSR count). The number of thioether (sulfide) groups is 1. The predicted molar refractivity (Wildman–Crippen MR) is 65.4 cm³/mol. The standard InChI is InChI=1S/C11H16N2O2S/c1-8(5-12)16-7-10-4-3-9(6-13-10)11(14)15-2/h3-4,6,8H,5,7,12H2,1-2H3. The number of pyridine rings is 1. The van der Waals surface area contributed by atoms with Gasteiger partial charge in [0.25, 0.3) is 0 Å². The summed E-state index contributed by atoms with van der Waals surface area (Å²) in [4.78, 5) is 15.3. The maximum atomic E-state index is 11.2. The number of aromatic nitrogens is 1. The van der Waals surface area contributed by atoms with E-state index in [-0.39, 0.29) is 5.97 Å². The Morgan fingerprint density at radius 1 is 1.62 bits per heavy atom. The second-order valence-corrected chi connectivity index (χ2v) is 4.81. The van der Waals surface area contributed by atoms with Crippen LogP contribution in [0.3, 0.4) is 0 Å². The first-order chi connectivity index (χ1) is 7.67. The number of hydrogen-bond acceptors (Lipinski definition) is 5. The zero-order valence-corrected chi connectivity index (χ0v) is 10.3. The van der Waals surface area contributed by atoms with Gasteiger partial charge in [-0.1, -0.05) is 6.92 Å². The molecule has 5 heteroatoms. The quantitative estimate of drug-likeness (QED) is 0.789. The highest BCUT2D eigenvalue weighted by atomic mass is 32.2. The Hall–Kier alpha value is -1.07. The van der Waals surface area contributed by atoms with Crippen LogP contribution in [0.5, 0.6) is 0 Å².